The zero-order valence-corrected chi connectivity index (χ0v) is 19.2. The average molecular weight is 420 g/mol. The van der Waals surface area contributed by atoms with Gasteiger partial charge in [0.25, 0.3) is 0 Å². The van der Waals surface area contributed by atoms with E-state index in [1.54, 1.807) is 0 Å². The molecule has 1 aliphatic rings. The molecule has 1 rings (SSSR count). The minimum atomic E-state index is 0. The first-order valence-electron chi connectivity index (χ1n) is 11.4. The van der Waals surface area contributed by atoms with Gasteiger partial charge in [0.15, 0.2) is 0 Å². The lowest BCUT2D eigenvalue weighted by Crippen LogP contribution is -3.14. The second-order valence-corrected chi connectivity index (χ2v) is 8.11. The standard InChI is InChI=1S/C22H46N2.BrH/c1-4-6-8-10-12-14-16-18-23-20-21-24(22(23)3)19-17-15-13-11-9-7-5-2;/h22H,4-21H2,1-3H3;1H. The van der Waals surface area contributed by atoms with E-state index in [0.29, 0.717) is 0 Å². The topological polar surface area (TPSA) is 7.68 Å². The molecule has 0 radical (unpaired) electrons. The van der Waals surface area contributed by atoms with Gasteiger partial charge < -0.3 is 21.9 Å². The molecule has 0 bridgehead atoms. The van der Waals surface area contributed by atoms with Crippen LogP contribution in [-0.4, -0.2) is 37.2 Å². The molecular formula is C22H47BrN2. The van der Waals surface area contributed by atoms with Crippen LogP contribution in [0.2, 0.25) is 0 Å². The fraction of sp³-hybridized carbons (Fsp3) is 1.00. The van der Waals surface area contributed by atoms with Gasteiger partial charge in [-0.1, -0.05) is 84.5 Å². The highest BCUT2D eigenvalue weighted by Crippen LogP contribution is 2.09. The predicted molar refractivity (Wildman–Crippen MR) is 108 cm³/mol. The minimum absolute atomic E-state index is 0. The summed E-state index contributed by atoms with van der Waals surface area (Å²) in [5, 5.41) is 0. The lowest BCUT2D eigenvalue weighted by atomic mass is 10.1. The molecule has 1 fully saturated rings. The summed E-state index contributed by atoms with van der Waals surface area (Å²) < 4.78 is 0. The van der Waals surface area contributed by atoms with E-state index in [4.69, 9.17) is 0 Å². The summed E-state index contributed by atoms with van der Waals surface area (Å²) in [7, 11) is 0. The maximum atomic E-state index is 2.75. The Hall–Kier alpha value is 0.400. The molecule has 1 N–H and O–H groups in total. The normalized spacial score (nSPS) is 20.8. The van der Waals surface area contributed by atoms with Crippen molar-refractivity contribution in [1.29, 1.82) is 0 Å². The van der Waals surface area contributed by atoms with E-state index in [1.165, 1.54) is 116 Å². The summed E-state index contributed by atoms with van der Waals surface area (Å²) in [5.41, 5.74) is 0. The largest absolute Gasteiger partial charge is 1.00 e. The van der Waals surface area contributed by atoms with Gasteiger partial charge in [0, 0.05) is 13.5 Å². The van der Waals surface area contributed by atoms with Crippen LogP contribution in [0.15, 0.2) is 0 Å². The van der Waals surface area contributed by atoms with Crippen molar-refractivity contribution in [3.63, 3.8) is 0 Å². The van der Waals surface area contributed by atoms with E-state index in [9.17, 15) is 0 Å². The Bertz CT molecular complexity index is 247. The first-order valence-corrected chi connectivity index (χ1v) is 11.4. The summed E-state index contributed by atoms with van der Waals surface area (Å²) in [6.45, 7) is 12.5. The van der Waals surface area contributed by atoms with Crippen LogP contribution in [0.3, 0.4) is 0 Å². The predicted octanol–water partition coefficient (Wildman–Crippen LogP) is 2.04. The lowest BCUT2D eigenvalue weighted by Gasteiger charge is -2.23. The Morgan fingerprint density at radius 2 is 1.20 bits per heavy atom. The van der Waals surface area contributed by atoms with Crippen LogP contribution >= 0.6 is 0 Å². The molecule has 0 amide bonds. The summed E-state index contributed by atoms with van der Waals surface area (Å²) in [4.78, 5) is 4.61. The van der Waals surface area contributed by atoms with Crippen molar-refractivity contribution in [3.05, 3.63) is 0 Å². The second-order valence-electron chi connectivity index (χ2n) is 8.11. The molecule has 0 spiro atoms. The molecular weight excluding hydrogens is 372 g/mol. The lowest BCUT2D eigenvalue weighted by molar-refractivity contribution is -0.916. The Kier molecular flexibility index (Phi) is 18.1. The maximum absolute atomic E-state index is 2.75. The summed E-state index contributed by atoms with van der Waals surface area (Å²) in [6.07, 6.45) is 20.9. The molecule has 1 aliphatic heterocycles. The van der Waals surface area contributed by atoms with Crippen LogP contribution in [0.1, 0.15) is 111 Å². The number of nitrogens with zero attached hydrogens (tertiary/aromatic N) is 1. The zero-order chi connectivity index (χ0) is 17.5. The van der Waals surface area contributed by atoms with Crippen LogP contribution in [0, 0.1) is 0 Å². The molecule has 0 aromatic rings. The first kappa shape index (κ1) is 25.4. The fourth-order valence-corrected chi connectivity index (χ4v) is 4.17. The maximum Gasteiger partial charge on any atom is 0.141 e. The van der Waals surface area contributed by atoms with Crippen molar-refractivity contribution >= 4 is 0 Å². The fourth-order valence-electron chi connectivity index (χ4n) is 4.17. The Morgan fingerprint density at radius 3 is 1.76 bits per heavy atom. The van der Waals surface area contributed by atoms with Gasteiger partial charge in [-0.25, -0.2) is 4.90 Å². The SMILES string of the molecule is CCCCCCCCCN1CC[NH+](CCCCCCCCC)C1C.[Br-]. The third kappa shape index (κ3) is 12.4. The van der Waals surface area contributed by atoms with E-state index in [-0.39, 0.29) is 17.0 Å². The highest BCUT2D eigenvalue weighted by atomic mass is 79.9. The Balaban J connectivity index is 0.00000576. The molecule has 0 aliphatic carbocycles. The van der Waals surface area contributed by atoms with E-state index in [0.717, 1.165) is 6.17 Å². The Labute approximate surface area is 169 Å². The molecule has 1 saturated heterocycles. The van der Waals surface area contributed by atoms with E-state index >= 15 is 0 Å². The van der Waals surface area contributed by atoms with Gasteiger partial charge in [-0.3, -0.25) is 0 Å². The van der Waals surface area contributed by atoms with Crippen LogP contribution in [0.4, 0.5) is 0 Å². The van der Waals surface area contributed by atoms with Gasteiger partial charge in [-0.15, -0.1) is 0 Å². The summed E-state index contributed by atoms with van der Waals surface area (Å²) >= 11 is 0. The molecule has 0 aromatic heterocycles. The zero-order valence-electron chi connectivity index (χ0n) is 17.6. The van der Waals surface area contributed by atoms with Crippen LogP contribution in [0.5, 0.6) is 0 Å². The van der Waals surface area contributed by atoms with Crippen molar-refractivity contribution in [3.8, 4) is 0 Å². The number of rotatable bonds is 16. The smallest absolute Gasteiger partial charge is 0.141 e. The van der Waals surface area contributed by atoms with Gasteiger partial charge in [-0.05, 0) is 19.3 Å². The van der Waals surface area contributed by atoms with Crippen molar-refractivity contribution in [2.45, 2.75) is 117 Å². The van der Waals surface area contributed by atoms with Crippen molar-refractivity contribution in [2.24, 2.45) is 0 Å². The number of hydrogen-bond acceptors (Lipinski definition) is 1. The second kappa shape index (κ2) is 17.8. The van der Waals surface area contributed by atoms with Crippen molar-refractivity contribution in [1.82, 2.24) is 4.90 Å². The number of quaternary nitrogens is 1. The van der Waals surface area contributed by atoms with Gasteiger partial charge >= 0.3 is 0 Å². The molecule has 2 nitrogen and oxygen atoms in total. The van der Waals surface area contributed by atoms with Gasteiger partial charge in [-0.2, -0.15) is 0 Å². The molecule has 2 unspecified atom stereocenters. The number of halogens is 1. The summed E-state index contributed by atoms with van der Waals surface area (Å²) in [6, 6.07) is 0. The van der Waals surface area contributed by atoms with E-state index in [1.807, 2.05) is 4.90 Å². The van der Waals surface area contributed by atoms with Gasteiger partial charge in [0.1, 0.15) is 6.17 Å². The van der Waals surface area contributed by atoms with E-state index < -0.39 is 0 Å². The van der Waals surface area contributed by atoms with E-state index in [2.05, 4.69) is 25.7 Å². The van der Waals surface area contributed by atoms with Crippen LogP contribution in [-0.2, 0) is 0 Å². The third-order valence-corrected chi connectivity index (χ3v) is 6.01. The minimum Gasteiger partial charge on any atom is -1.00 e. The molecule has 25 heavy (non-hydrogen) atoms. The van der Waals surface area contributed by atoms with Crippen LogP contribution in [0.25, 0.3) is 0 Å². The molecule has 152 valence electrons. The summed E-state index contributed by atoms with van der Waals surface area (Å²) in [5.74, 6) is 0. The third-order valence-electron chi connectivity index (χ3n) is 6.01. The number of nitrogens with one attached hydrogen (secondary N) is 1. The first-order chi connectivity index (χ1) is 11.8. The highest BCUT2D eigenvalue weighted by molar-refractivity contribution is 4.64. The molecule has 0 saturated carbocycles. The monoisotopic (exact) mass is 418 g/mol. The number of unbranched alkanes of at least 4 members (excludes halogenated alkanes) is 12. The van der Waals surface area contributed by atoms with Crippen molar-refractivity contribution < 1.29 is 21.9 Å². The van der Waals surface area contributed by atoms with Crippen LogP contribution < -0.4 is 21.9 Å². The molecule has 2 atom stereocenters. The quantitative estimate of drug-likeness (QED) is 0.376. The average Bonchev–Trinajstić information content (AvgIpc) is 2.93. The van der Waals surface area contributed by atoms with Gasteiger partial charge in [0.05, 0.1) is 19.6 Å². The Morgan fingerprint density at radius 1 is 0.720 bits per heavy atom. The number of hydrogen-bond donors (Lipinski definition) is 1. The molecule has 1 heterocycles. The highest BCUT2D eigenvalue weighted by Gasteiger charge is 2.30. The molecule has 3 heteroatoms. The van der Waals surface area contributed by atoms with Gasteiger partial charge in [0.2, 0.25) is 0 Å². The van der Waals surface area contributed by atoms with Crippen molar-refractivity contribution in [2.75, 3.05) is 26.2 Å². The molecule has 0 aromatic carbocycles.